The van der Waals surface area contributed by atoms with E-state index in [0.717, 1.165) is 70.5 Å². The number of piperidine rings is 1. The first-order valence-corrected chi connectivity index (χ1v) is 10.1. The molecule has 2 saturated heterocycles. The van der Waals surface area contributed by atoms with E-state index >= 15 is 0 Å². The van der Waals surface area contributed by atoms with Gasteiger partial charge in [0.15, 0.2) is 11.6 Å². The first-order valence-electron chi connectivity index (χ1n) is 10.1. The van der Waals surface area contributed by atoms with Crippen molar-refractivity contribution in [1.29, 1.82) is 0 Å². The summed E-state index contributed by atoms with van der Waals surface area (Å²) in [6.07, 6.45) is 4.14. The second-order valence-electron chi connectivity index (χ2n) is 8.63. The van der Waals surface area contributed by atoms with Crippen LogP contribution in [0, 0.1) is 23.0 Å². The summed E-state index contributed by atoms with van der Waals surface area (Å²) in [5.74, 6) is -1.02. The highest BCUT2D eigenvalue weighted by atomic mass is 19.2. The van der Waals surface area contributed by atoms with Crippen LogP contribution < -0.4 is 0 Å². The Morgan fingerprint density at radius 2 is 1.85 bits per heavy atom. The quantitative estimate of drug-likeness (QED) is 0.810. The van der Waals surface area contributed by atoms with E-state index in [4.69, 9.17) is 0 Å². The van der Waals surface area contributed by atoms with Crippen molar-refractivity contribution in [3.05, 3.63) is 35.4 Å². The van der Waals surface area contributed by atoms with Crippen LogP contribution in [0.25, 0.3) is 0 Å². The second kappa shape index (κ2) is 7.47. The third kappa shape index (κ3) is 4.02. The SMILES string of the molecule is CN1CCCN(C(=O)C2CC23CCN(Cc2ccc(F)c(F)c2)CC3)CC1. The number of amides is 1. The number of benzene rings is 1. The molecule has 1 aromatic rings. The number of likely N-dealkylation sites (tertiary alicyclic amines) is 1. The number of rotatable bonds is 3. The minimum absolute atomic E-state index is 0.194. The maximum absolute atomic E-state index is 13.4. The number of nitrogens with zero attached hydrogens (tertiary/aromatic N) is 3. The number of carbonyl (C=O) groups excluding carboxylic acids is 1. The van der Waals surface area contributed by atoms with Crippen LogP contribution in [0.1, 0.15) is 31.2 Å². The maximum Gasteiger partial charge on any atom is 0.226 e. The molecule has 0 radical (unpaired) electrons. The van der Waals surface area contributed by atoms with Crippen molar-refractivity contribution >= 4 is 5.91 Å². The fourth-order valence-electron chi connectivity index (χ4n) is 4.79. The van der Waals surface area contributed by atoms with Crippen LogP contribution in [0.3, 0.4) is 0 Å². The van der Waals surface area contributed by atoms with Gasteiger partial charge in [-0.25, -0.2) is 8.78 Å². The Kier molecular flexibility index (Phi) is 5.21. The van der Waals surface area contributed by atoms with Crippen LogP contribution in [-0.4, -0.2) is 66.9 Å². The molecule has 6 heteroatoms. The predicted molar refractivity (Wildman–Crippen MR) is 100 cm³/mol. The monoisotopic (exact) mass is 377 g/mol. The molecule has 4 rings (SSSR count). The van der Waals surface area contributed by atoms with E-state index in [1.54, 1.807) is 6.07 Å². The lowest BCUT2D eigenvalue weighted by molar-refractivity contribution is -0.133. The summed E-state index contributed by atoms with van der Waals surface area (Å²) in [5, 5.41) is 0. The molecule has 0 aromatic heterocycles. The van der Waals surface area contributed by atoms with E-state index in [1.807, 2.05) is 0 Å². The van der Waals surface area contributed by atoms with Gasteiger partial charge in [-0.2, -0.15) is 0 Å². The lowest BCUT2D eigenvalue weighted by Gasteiger charge is -2.33. The molecule has 2 heterocycles. The number of likely N-dealkylation sites (N-methyl/N-ethyl adjacent to an activating group) is 1. The Morgan fingerprint density at radius 3 is 2.59 bits per heavy atom. The van der Waals surface area contributed by atoms with Gasteiger partial charge < -0.3 is 9.80 Å². The standard InChI is InChI=1S/C21H29F2N3O/c1-24-7-2-8-26(12-11-24)20(27)17-14-21(17)5-9-25(10-6-21)15-16-3-4-18(22)19(23)13-16/h3-4,13,17H,2,5-12,14-15H2,1H3. The van der Waals surface area contributed by atoms with Gasteiger partial charge in [-0.1, -0.05) is 6.07 Å². The van der Waals surface area contributed by atoms with Gasteiger partial charge in [0.2, 0.25) is 5.91 Å². The molecule has 27 heavy (non-hydrogen) atoms. The van der Waals surface area contributed by atoms with Gasteiger partial charge in [-0.05, 0) is 75.5 Å². The van der Waals surface area contributed by atoms with Gasteiger partial charge in [0.05, 0.1) is 0 Å². The van der Waals surface area contributed by atoms with Gasteiger partial charge >= 0.3 is 0 Å². The van der Waals surface area contributed by atoms with E-state index in [-0.39, 0.29) is 11.3 Å². The molecular weight excluding hydrogens is 348 g/mol. The molecule has 1 unspecified atom stereocenters. The Morgan fingerprint density at radius 1 is 1.07 bits per heavy atom. The molecule has 148 valence electrons. The number of carbonyl (C=O) groups is 1. The van der Waals surface area contributed by atoms with Gasteiger partial charge in [-0.3, -0.25) is 9.69 Å². The van der Waals surface area contributed by atoms with Gasteiger partial charge in [0.25, 0.3) is 0 Å². The normalized spacial score (nSPS) is 26.2. The summed E-state index contributed by atoms with van der Waals surface area (Å²) in [6, 6.07) is 4.15. The summed E-state index contributed by atoms with van der Waals surface area (Å²) in [4.78, 5) is 19.6. The molecule has 1 aliphatic carbocycles. The topological polar surface area (TPSA) is 26.8 Å². The zero-order chi connectivity index (χ0) is 19.0. The van der Waals surface area contributed by atoms with Crippen molar-refractivity contribution < 1.29 is 13.6 Å². The van der Waals surface area contributed by atoms with E-state index in [2.05, 4.69) is 21.7 Å². The molecule has 4 nitrogen and oxygen atoms in total. The highest BCUT2D eigenvalue weighted by Crippen LogP contribution is 2.60. The van der Waals surface area contributed by atoms with E-state index in [1.165, 1.54) is 12.1 Å². The van der Waals surface area contributed by atoms with Crippen LogP contribution in [0.2, 0.25) is 0 Å². The first-order chi connectivity index (χ1) is 13.0. The van der Waals surface area contributed by atoms with Crippen LogP contribution in [0.15, 0.2) is 18.2 Å². The summed E-state index contributed by atoms with van der Waals surface area (Å²) < 4.78 is 26.5. The van der Waals surface area contributed by atoms with Gasteiger partial charge in [-0.15, -0.1) is 0 Å². The van der Waals surface area contributed by atoms with Crippen molar-refractivity contribution in [1.82, 2.24) is 14.7 Å². The Bertz CT molecular complexity index is 703. The van der Waals surface area contributed by atoms with Crippen molar-refractivity contribution in [2.75, 3.05) is 46.3 Å². The zero-order valence-electron chi connectivity index (χ0n) is 16.1. The fourth-order valence-corrected chi connectivity index (χ4v) is 4.79. The van der Waals surface area contributed by atoms with E-state index in [0.29, 0.717) is 12.5 Å². The molecule has 1 saturated carbocycles. The summed E-state index contributed by atoms with van der Waals surface area (Å²) >= 11 is 0. The van der Waals surface area contributed by atoms with Crippen molar-refractivity contribution in [2.45, 2.75) is 32.2 Å². The lowest BCUT2D eigenvalue weighted by Crippen LogP contribution is -2.39. The smallest absolute Gasteiger partial charge is 0.226 e. The minimum atomic E-state index is -0.796. The molecule has 1 spiro atoms. The van der Waals surface area contributed by atoms with Gasteiger partial charge in [0.1, 0.15) is 0 Å². The molecule has 1 atom stereocenters. The van der Waals surface area contributed by atoms with Crippen LogP contribution >= 0.6 is 0 Å². The Balaban J connectivity index is 1.29. The minimum Gasteiger partial charge on any atom is -0.341 e. The lowest BCUT2D eigenvalue weighted by atomic mass is 9.90. The Labute approximate surface area is 160 Å². The van der Waals surface area contributed by atoms with E-state index < -0.39 is 11.6 Å². The number of halogens is 2. The fraction of sp³-hybridized carbons (Fsp3) is 0.667. The van der Waals surface area contributed by atoms with E-state index in [9.17, 15) is 13.6 Å². The second-order valence-corrected chi connectivity index (χ2v) is 8.63. The van der Waals surface area contributed by atoms with Crippen molar-refractivity contribution in [2.24, 2.45) is 11.3 Å². The highest BCUT2D eigenvalue weighted by molar-refractivity contribution is 5.82. The van der Waals surface area contributed by atoms with Crippen molar-refractivity contribution in [3.8, 4) is 0 Å². The van der Waals surface area contributed by atoms with Gasteiger partial charge in [0, 0.05) is 32.1 Å². The first kappa shape index (κ1) is 18.8. The third-order valence-corrected chi connectivity index (χ3v) is 6.76. The molecule has 2 aliphatic heterocycles. The molecule has 1 aromatic carbocycles. The average Bonchev–Trinajstić information content (AvgIpc) is 3.40. The maximum atomic E-state index is 13.4. The molecule has 1 amide bonds. The molecule has 0 bridgehead atoms. The van der Waals surface area contributed by atoms with Crippen LogP contribution in [0.5, 0.6) is 0 Å². The molecule has 3 fully saturated rings. The Hall–Kier alpha value is -1.53. The number of hydrogen-bond acceptors (Lipinski definition) is 3. The summed E-state index contributed by atoms with van der Waals surface area (Å²) in [6.45, 7) is 6.26. The average molecular weight is 377 g/mol. The zero-order valence-corrected chi connectivity index (χ0v) is 16.1. The van der Waals surface area contributed by atoms with Crippen LogP contribution in [0.4, 0.5) is 8.78 Å². The highest BCUT2D eigenvalue weighted by Gasteiger charge is 2.59. The summed E-state index contributed by atoms with van der Waals surface area (Å²) in [5.41, 5.74) is 1.00. The molecular formula is C21H29F2N3O. The molecule has 0 N–H and O–H groups in total. The summed E-state index contributed by atoms with van der Waals surface area (Å²) in [7, 11) is 2.12. The largest absolute Gasteiger partial charge is 0.341 e. The van der Waals surface area contributed by atoms with Crippen molar-refractivity contribution in [3.63, 3.8) is 0 Å². The molecule has 3 aliphatic rings. The predicted octanol–water partition coefficient (Wildman–Crippen LogP) is 2.73. The third-order valence-electron chi connectivity index (χ3n) is 6.76. The van der Waals surface area contributed by atoms with Crippen LogP contribution in [-0.2, 0) is 11.3 Å². The number of hydrogen-bond donors (Lipinski definition) is 0.